The largest absolute Gasteiger partial charge is 0.247 e. The van der Waals surface area contributed by atoms with E-state index in [-0.39, 0.29) is 0 Å². The number of nitrogens with zero attached hydrogens (tertiary/aromatic N) is 1. The van der Waals surface area contributed by atoms with Crippen LogP contribution < -0.4 is 15.9 Å². The third-order valence-corrected chi connectivity index (χ3v) is 11.3. The van der Waals surface area contributed by atoms with Crippen molar-refractivity contribution in [1.82, 2.24) is 4.98 Å². The van der Waals surface area contributed by atoms with Gasteiger partial charge in [0.25, 0.3) is 0 Å². The molecule has 5 aromatic carbocycles. The Hall–Kier alpha value is -3.58. The molecule has 6 rings (SSSR count). The van der Waals surface area contributed by atoms with Crippen LogP contribution in [0, 0.1) is 0 Å². The maximum Gasteiger partial charge on any atom is 0.0787 e. The van der Waals surface area contributed by atoms with Gasteiger partial charge in [-0.05, 0) is 27.4 Å². The molecular weight excluding hydrogens is 449 g/mol. The number of benzene rings is 5. The number of rotatable bonds is 4. The van der Waals surface area contributed by atoms with Gasteiger partial charge in [-0.1, -0.05) is 139 Å². The predicted molar refractivity (Wildman–Crippen MR) is 151 cm³/mol. The van der Waals surface area contributed by atoms with Crippen LogP contribution in [0.25, 0.3) is 32.9 Å². The molecule has 0 aliphatic heterocycles. The smallest absolute Gasteiger partial charge is 0.0787 e. The van der Waals surface area contributed by atoms with Crippen LogP contribution in [0.1, 0.15) is 0 Å². The maximum absolute atomic E-state index is 6.47. The molecule has 0 saturated carbocycles. The van der Waals surface area contributed by atoms with E-state index in [1.54, 1.807) is 0 Å². The summed E-state index contributed by atoms with van der Waals surface area (Å²) in [4.78, 5) is 5.06. The normalized spacial score (nSPS) is 11.6. The zero-order chi connectivity index (χ0) is 23.0. The minimum Gasteiger partial charge on any atom is -0.247 e. The van der Waals surface area contributed by atoms with E-state index in [1.807, 2.05) is 12.1 Å². The summed E-state index contributed by atoms with van der Waals surface area (Å²) in [6, 6.07) is 44.7. The topological polar surface area (TPSA) is 12.9 Å². The van der Waals surface area contributed by atoms with Gasteiger partial charge in [-0.15, -0.1) is 0 Å². The van der Waals surface area contributed by atoms with E-state index in [2.05, 4.69) is 121 Å². The van der Waals surface area contributed by atoms with E-state index in [4.69, 9.17) is 16.8 Å². The zero-order valence-corrected chi connectivity index (χ0v) is 20.2. The zero-order valence-electron chi connectivity index (χ0n) is 18.5. The van der Waals surface area contributed by atoms with Crippen LogP contribution in [0.3, 0.4) is 0 Å². The summed E-state index contributed by atoms with van der Waals surface area (Å²) in [7, 11) is 0. The molecule has 0 saturated heterocycles. The Kier molecular flexibility index (Phi) is 5.34. The van der Waals surface area contributed by atoms with Crippen molar-refractivity contribution in [2.45, 2.75) is 0 Å². The fraction of sp³-hybridized carbons (Fsp3) is 0. The molecule has 3 heteroatoms. The summed E-state index contributed by atoms with van der Waals surface area (Å²) < 4.78 is 0. The van der Waals surface area contributed by atoms with Crippen molar-refractivity contribution in [3.63, 3.8) is 0 Å². The van der Waals surface area contributed by atoms with Crippen molar-refractivity contribution in [1.29, 1.82) is 0 Å². The third kappa shape index (κ3) is 3.56. The molecule has 0 N–H and O–H groups in total. The lowest BCUT2D eigenvalue weighted by Crippen LogP contribution is -2.24. The fourth-order valence-corrected chi connectivity index (χ4v) is 8.33. The Morgan fingerprint density at radius 2 is 1.00 bits per heavy atom. The van der Waals surface area contributed by atoms with Crippen molar-refractivity contribution >= 4 is 55.4 Å². The number of pyridine rings is 1. The van der Waals surface area contributed by atoms with Gasteiger partial charge in [-0.25, -0.2) is 4.98 Å². The van der Waals surface area contributed by atoms with E-state index in [9.17, 15) is 0 Å². The number of hydrogen-bond donors (Lipinski definition) is 0. The van der Waals surface area contributed by atoms with Gasteiger partial charge in [0.2, 0.25) is 0 Å². The quantitative estimate of drug-likeness (QED) is 0.207. The first-order chi connectivity index (χ1) is 16.7. The number of aromatic nitrogens is 1. The summed E-state index contributed by atoms with van der Waals surface area (Å²) in [5.41, 5.74) is 3.11. The molecule has 0 atom stereocenters. The van der Waals surface area contributed by atoms with Crippen LogP contribution >= 0.6 is 6.04 Å². The summed E-state index contributed by atoms with van der Waals surface area (Å²) in [6.45, 7) is 0. The highest BCUT2D eigenvalue weighted by Crippen LogP contribution is 2.43. The average Bonchev–Trinajstić information content (AvgIpc) is 2.93. The molecular formula is C31H22NPS. The van der Waals surface area contributed by atoms with Crippen LogP contribution in [0.2, 0.25) is 0 Å². The Bertz CT molecular complexity index is 1620. The second-order valence-corrected chi connectivity index (χ2v) is 12.8. The molecule has 34 heavy (non-hydrogen) atoms. The van der Waals surface area contributed by atoms with Crippen LogP contribution in [0.15, 0.2) is 133 Å². The molecule has 0 aliphatic rings. The molecule has 0 radical (unpaired) electrons. The monoisotopic (exact) mass is 471 g/mol. The molecule has 6 aromatic rings. The highest BCUT2D eigenvalue weighted by molar-refractivity contribution is 8.25. The van der Waals surface area contributed by atoms with Crippen LogP contribution in [-0.4, -0.2) is 4.98 Å². The molecule has 1 aromatic heterocycles. The first-order valence-corrected chi connectivity index (χ1v) is 14.1. The predicted octanol–water partition coefficient (Wildman–Crippen LogP) is 6.81. The first kappa shape index (κ1) is 21.0. The van der Waals surface area contributed by atoms with Crippen molar-refractivity contribution in [3.05, 3.63) is 133 Å². The minimum atomic E-state index is -2.15. The second kappa shape index (κ2) is 8.65. The van der Waals surface area contributed by atoms with Crippen molar-refractivity contribution in [3.8, 4) is 11.3 Å². The SMILES string of the molecule is S=P(c1ccccc1)(c1ccccc1)c1ccc(-c2ccc3ccc4ccccc4c3n2)cc1. The molecule has 162 valence electrons. The lowest BCUT2D eigenvalue weighted by molar-refractivity contribution is 1.41. The van der Waals surface area contributed by atoms with Gasteiger partial charge < -0.3 is 0 Å². The van der Waals surface area contributed by atoms with Gasteiger partial charge in [0.05, 0.1) is 11.2 Å². The molecule has 0 bridgehead atoms. The minimum absolute atomic E-state index is 0.975. The van der Waals surface area contributed by atoms with E-state index < -0.39 is 6.04 Å². The average molecular weight is 472 g/mol. The van der Waals surface area contributed by atoms with Crippen LogP contribution in [-0.2, 0) is 11.8 Å². The Morgan fingerprint density at radius 1 is 0.471 bits per heavy atom. The second-order valence-electron chi connectivity index (χ2n) is 8.38. The molecule has 0 spiro atoms. The molecule has 1 nitrogen and oxygen atoms in total. The van der Waals surface area contributed by atoms with E-state index in [1.165, 1.54) is 26.7 Å². The Balaban J connectivity index is 1.47. The van der Waals surface area contributed by atoms with Crippen molar-refractivity contribution in [2.24, 2.45) is 0 Å². The van der Waals surface area contributed by atoms with Crippen molar-refractivity contribution < 1.29 is 0 Å². The lowest BCUT2D eigenvalue weighted by Gasteiger charge is -2.24. The van der Waals surface area contributed by atoms with E-state index in [0.717, 1.165) is 22.2 Å². The standard InChI is InChI=1S/C31H22NPS/c34-33(26-10-3-1-4-11-26,27-12-5-2-6-13-27)28-20-17-24(18-21-28)30-22-19-25-16-15-23-9-7-8-14-29(23)31(25)32-30/h1-22H. The summed E-state index contributed by atoms with van der Waals surface area (Å²) in [5.74, 6) is 0. The number of hydrogen-bond acceptors (Lipinski definition) is 2. The molecule has 0 fully saturated rings. The fourth-order valence-electron chi connectivity index (χ4n) is 4.58. The summed E-state index contributed by atoms with van der Waals surface area (Å²) in [5, 5.41) is 7.15. The molecule has 0 unspecified atom stereocenters. The summed E-state index contributed by atoms with van der Waals surface area (Å²) in [6.07, 6.45) is 0. The van der Waals surface area contributed by atoms with Gasteiger partial charge in [-0.3, -0.25) is 0 Å². The molecule has 0 aliphatic carbocycles. The van der Waals surface area contributed by atoms with E-state index in [0.29, 0.717) is 0 Å². The van der Waals surface area contributed by atoms with Gasteiger partial charge in [0.1, 0.15) is 0 Å². The van der Waals surface area contributed by atoms with Gasteiger partial charge in [-0.2, -0.15) is 0 Å². The molecule has 0 amide bonds. The Labute approximate surface area is 204 Å². The highest BCUT2D eigenvalue weighted by atomic mass is 32.4. The van der Waals surface area contributed by atoms with Gasteiger partial charge in [0.15, 0.2) is 0 Å². The highest BCUT2D eigenvalue weighted by Gasteiger charge is 2.24. The maximum atomic E-state index is 6.47. The van der Waals surface area contributed by atoms with Crippen LogP contribution in [0.4, 0.5) is 0 Å². The van der Waals surface area contributed by atoms with Gasteiger partial charge >= 0.3 is 0 Å². The number of fused-ring (bicyclic) bond motifs is 3. The third-order valence-electron chi connectivity index (χ3n) is 6.35. The molecule has 1 heterocycles. The first-order valence-electron chi connectivity index (χ1n) is 11.3. The van der Waals surface area contributed by atoms with Crippen molar-refractivity contribution in [2.75, 3.05) is 0 Å². The summed E-state index contributed by atoms with van der Waals surface area (Å²) >= 11 is 6.47. The van der Waals surface area contributed by atoms with Crippen LogP contribution in [0.5, 0.6) is 0 Å². The Morgan fingerprint density at radius 3 is 1.68 bits per heavy atom. The van der Waals surface area contributed by atoms with Gasteiger partial charge in [0, 0.05) is 22.4 Å². The van der Waals surface area contributed by atoms with E-state index >= 15 is 0 Å². The lowest BCUT2D eigenvalue weighted by atomic mass is 10.0.